The summed E-state index contributed by atoms with van der Waals surface area (Å²) < 4.78 is 11.2. The maximum atomic E-state index is 5.71. The van der Waals surface area contributed by atoms with Gasteiger partial charge in [0.15, 0.2) is 0 Å². The molecule has 1 saturated heterocycles. The maximum absolute atomic E-state index is 5.71. The standard InChI is InChI=1S/C16H26N2O2/c1-4-20-16-9-12(2)5-6-15(16)18-13(3)10-14-11-19-8-7-17-14/h5-6,9,13-14,17-18H,4,7-8,10-11H2,1-3H3. The minimum absolute atomic E-state index is 0.371. The van der Waals surface area contributed by atoms with Crippen molar-refractivity contribution in [2.45, 2.75) is 39.3 Å². The molecule has 0 aromatic heterocycles. The third-order valence-corrected chi connectivity index (χ3v) is 3.48. The van der Waals surface area contributed by atoms with E-state index in [1.54, 1.807) is 0 Å². The number of rotatable bonds is 6. The highest BCUT2D eigenvalue weighted by Crippen LogP contribution is 2.27. The number of hydrogen-bond acceptors (Lipinski definition) is 4. The lowest BCUT2D eigenvalue weighted by Gasteiger charge is -2.27. The van der Waals surface area contributed by atoms with Crippen LogP contribution in [0.2, 0.25) is 0 Å². The average Bonchev–Trinajstić information content (AvgIpc) is 2.43. The second-order valence-electron chi connectivity index (χ2n) is 5.44. The van der Waals surface area contributed by atoms with Crippen LogP contribution in [0, 0.1) is 6.92 Å². The van der Waals surface area contributed by atoms with Crippen LogP contribution in [-0.4, -0.2) is 38.4 Å². The van der Waals surface area contributed by atoms with Gasteiger partial charge in [0.1, 0.15) is 5.75 Å². The molecule has 0 amide bonds. The summed E-state index contributed by atoms with van der Waals surface area (Å²) in [6.07, 6.45) is 1.04. The Bertz CT molecular complexity index is 417. The second-order valence-corrected chi connectivity index (χ2v) is 5.44. The highest BCUT2D eigenvalue weighted by Gasteiger charge is 2.17. The fraction of sp³-hybridized carbons (Fsp3) is 0.625. The van der Waals surface area contributed by atoms with E-state index < -0.39 is 0 Å². The summed E-state index contributed by atoms with van der Waals surface area (Å²) >= 11 is 0. The van der Waals surface area contributed by atoms with E-state index in [1.165, 1.54) is 5.56 Å². The van der Waals surface area contributed by atoms with Crippen molar-refractivity contribution in [3.63, 3.8) is 0 Å². The van der Waals surface area contributed by atoms with Crippen molar-refractivity contribution in [2.75, 3.05) is 31.7 Å². The van der Waals surface area contributed by atoms with Crippen molar-refractivity contribution in [2.24, 2.45) is 0 Å². The first-order valence-corrected chi connectivity index (χ1v) is 7.50. The molecule has 2 unspecified atom stereocenters. The lowest BCUT2D eigenvalue weighted by Crippen LogP contribution is -2.43. The minimum atomic E-state index is 0.371. The summed E-state index contributed by atoms with van der Waals surface area (Å²) in [6, 6.07) is 7.10. The van der Waals surface area contributed by atoms with E-state index in [-0.39, 0.29) is 0 Å². The van der Waals surface area contributed by atoms with Gasteiger partial charge in [-0.3, -0.25) is 0 Å². The van der Waals surface area contributed by atoms with Crippen molar-refractivity contribution in [3.05, 3.63) is 23.8 Å². The smallest absolute Gasteiger partial charge is 0.142 e. The van der Waals surface area contributed by atoms with Gasteiger partial charge in [-0.25, -0.2) is 0 Å². The number of morpholine rings is 1. The first-order valence-electron chi connectivity index (χ1n) is 7.50. The third-order valence-electron chi connectivity index (χ3n) is 3.48. The quantitative estimate of drug-likeness (QED) is 0.839. The molecule has 0 aliphatic carbocycles. The fourth-order valence-electron chi connectivity index (χ4n) is 2.55. The highest BCUT2D eigenvalue weighted by molar-refractivity contribution is 5.58. The van der Waals surface area contributed by atoms with Crippen LogP contribution in [0.3, 0.4) is 0 Å². The third kappa shape index (κ3) is 4.39. The van der Waals surface area contributed by atoms with Gasteiger partial charge in [0, 0.05) is 18.6 Å². The van der Waals surface area contributed by atoms with Crippen LogP contribution in [0.25, 0.3) is 0 Å². The van der Waals surface area contributed by atoms with Gasteiger partial charge >= 0.3 is 0 Å². The summed E-state index contributed by atoms with van der Waals surface area (Å²) in [5, 5.41) is 7.04. The SMILES string of the molecule is CCOc1cc(C)ccc1NC(C)CC1COCCN1. The van der Waals surface area contributed by atoms with E-state index >= 15 is 0 Å². The first-order chi connectivity index (χ1) is 9.69. The van der Waals surface area contributed by atoms with Crippen LogP contribution in [0.5, 0.6) is 5.75 Å². The molecule has 20 heavy (non-hydrogen) atoms. The summed E-state index contributed by atoms with van der Waals surface area (Å²) in [5.41, 5.74) is 2.29. The van der Waals surface area contributed by atoms with Crippen molar-refractivity contribution in [1.82, 2.24) is 5.32 Å². The molecule has 1 aromatic rings. The second kappa shape index (κ2) is 7.50. The van der Waals surface area contributed by atoms with Gasteiger partial charge < -0.3 is 20.1 Å². The van der Waals surface area contributed by atoms with E-state index in [0.717, 1.165) is 37.6 Å². The summed E-state index contributed by atoms with van der Waals surface area (Å²) in [7, 11) is 0. The Labute approximate surface area is 121 Å². The van der Waals surface area contributed by atoms with Crippen molar-refractivity contribution in [3.8, 4) is 5.75 Å². The number of hydrogen-bond donors (Lipinski definition) is 2. The molecule has 112 valence electrons. The van der Waals surface area contributed by atoms with Crippen LogP contribution in [-0.2, 0) is 4.74 Å². The Kier molecular flexibility index (Phi) is 5.68. The van der Waals surface area contributed by atoms with Crippen molar-refractivity contribution >= 4 is 5.69 Å². The molecule has 4 heteroatoms. The normalized spacial score (nSPS) is 20.4. The molecule has 2 N–H and O–H groups in total. The van der Waals surface area contributed by atoms with Gasteiger partial charge in [-0.05, 0) is 44.9 Å². The van der Waals surface area contributed by atoms with Crippen LogP contribution < -0.4 is 15.4 Å². The molecule has 1 fully saturated rings. The molecule has 1 heterocycles. The summed E-state index contributed by atoms with van der Waals surface area (Å²) in [4.78, 5) is 0. The molecular weight excluding hydrogens is 252 g/mol. The zero-order valence-corrected chi connectivity index (χ0v) is 12.7. The molecule has 0 bridgehead atoms. The highest BCUT2D eigenvalue weighted by atomic mass is 16.5. The molecule has 4 nitrogen and oxygen atoms in total. The zero-order valence-electron chi connectivity index (χ0n) is 12.7. The Morgan fingerprint density at radius 3 is 3.05 bits per heavy atom. The minimum Gasteiger partial charge on any atom is -0.492 e. The predicted octanol–water partition coefficient (Wildman–Crippen LogP) is 2.57. The Hall–Kier alpha value is -1.26. The van der Waals surface area contributed by atoms with E-state index in [4.69, 9.17) is 9.47 Å². The Balaban J connectivity index is 1.94. The molecule has 0 radical (unpaired) electrons. The molecule has 0 saturated carbocycles. The van der Waals surface area contributed by atoms with Crippen LogP contribution in [0.15, 0.2) is 18.2 Å². The summed E-state index contributed by atoms with van der Waals surface area (Å²) in [5.74, 6) is 0.937. The molecule has 1 aliphatic heterocycles. The molecule has 2 atom stereocenters. The van der Waals surface area contributed by atoms with Crippen LogP contribution in [0.4, 0.5) is 5.69 Å². The van der Waals surface area contributed by atoms with E-state index in [2.05, 4.69) is 42.7 Å². The van der Waals surface area contributed by atoms with E-state index in [1.807, 2.05) is 6.92 Å². The molecule has 1 aliphatic rings. The van der Waals surface area contributed by atoms with E-state index in [9.17, 15) is 0 Å². The molecule has 0 spiro atoms. The van der Waals surface area contributed by atoms with Crippen molar-refractivity contribution in [1.29, 1.82) is 0 Å². The topological polar surface area (TPSA) is 42.5 Å². The molecular formula is C16H26N2O2. The number of ether oxygens (including phenoxy) is 2. The van der Waals surface area contributed by atoms with Gasteiger partial charge in [-0.15, -0.1) is 0 Å². The van der Waals surface area contributed by atoms with E-state index in [0.29, 0.717) is 18.7 Å². The number of benzene rings is 1. The number of anilines is 1. The maximum Gasteiger partial charge on any atom is 0.142 e. The predicted molar refractivity (Wildman–Crippen MR) is 82.7 cm³/mol. The molecule has 2 rings (SSSR count). The van der Waals surface area contributed by atoms with Crippen LogP contribution >= 0.6 is 0 Å². The van der Waals surface area contributed by atoms with Crippen molar-refractivity contribution < 1.29 is 9.47 Å². The van der Waals surface area contributed by atoms with Gasteiger partial charge in [0.25, 0.3) is 0 Å². The first kappa shape index (κ1) is 15.1. The number of aryl methyl sites for hydroxylation is 1. The van der Waals surface area contributed by atoms with Gasteiger partial charge in [-0.2, -0.15) is 0 Å². The fourth-order valence-corrected chi connectivity index (χ4v) is 2.55. The van der Waals surface area contributed by atoms with Gasteiger partial charge in [-0.1, -0.05) is 6.07 Å². The lowest BCUT2D eigenvalue weighted by atomic mass is 10.1. The zero-order chi connectivity index (χ0) is 14.4. The lowest BCUT2D eigenvalue weighted by molar-refractivity contribution is 0.0731. The Morgan fingerprint density at radius 2 is 2.35 bits per heavy atom. The monoisotopic (exact) mass is 278 g/mol. The van der Waals surface area contributed by atoms with Crippen LogP contribution in [0.1, 0.15) is 25.8 Å². The number of nitrogens with one attached hydrogen (secondary N) is 2. The largest absolute Gasteiger partial charge is 0.492 e. The van der Waals surface area contributed by atoms with Gasteiger partial charge in [0.05, 0.1) is 25.5 Å². The van der Waals surface area contributed by atoms with Gasteiger partial charge in [0.2, 0.25) is 0 Å². The average molecular weight is 278 g/mol. The molecule has 1 aromatic carbocycles. The summed E-state index contributed by atoms with van der Waals surface area (Å²) in [6.45, 7) is 9.56. The Morgan fingerprint density at radius 1 is 1.50 bits per heavy atom.